The van der Waals surface area contributed by atoms with E-state index in [2.05, 4.69) is 0 Å². The Hall–Kier alpha value is -0.710. The minimum Gasteiger partial charge on any atom is -0.375 e. The minimum atomic E-state index is 0.131. The first-order chi connectivity index (χ1) is 9.58. The van der Waals surface area contributed by atoms with E-state index in [0.29, 0.717) is 19.6 Å². The van der Waals surface area contributed by atoms with Crippen LogP contribution in [0.1, 0.15) is 20.3 Å². The number of ether oxygens (including phenoxy) is 1. The van der Waals surface area contributed by atoms with Gasteiger partial charge in [-0.2, -0.15) is 0 Å². The predicted octanol–water partition coefficient (Wildman–Crippen LogP) is 3.46. The second kappa shape index (κ2) is 7.34. The topological polar surface area (TPSA) is 29.5 Å². The summed E-state index contributed by atoms with van der Waals surface area (Å²) < 4.78 is 5.54. The van der Waals surface area contributed by atoms with Gasteiger partial charge in [-0.05, 0) is 26.0 Å². The van der Waals surface area contributed by atoms with Gasteiger partial charge in [-0.1, -0.05) is 23.7 Å². The molecule has 0 radical (unpaired) electrons. The molecule has 1 heterocycles. The molecule has 0 aliphatic carbocycles. The maximum atomic E-state index is 12.3. The summed E-state index contributed by atoms with van der Waals surface area (Å²) in [5, 5.41) is 0.748. The van der Waals surface area contributed by atoms with E-state index >= 15 is 0 Å². The normalized spacial score (nSPS) is 22.9. The summed E-state index contributed by atoms with van der Waals surface area (Å²) >= 11 is 7.73. The molecule has 0 bridgehead atoms. The summed E-state index contributed by atoms with van der Waals surface area (Å²) in [5.74, 6) is 0.952. The summed E-state index contributed by atoms with van der Waals surface area (Å²) in [4.78, 5) is 15.2. The molecule has 1 fully saturated rings. The van der Waals surface area contributed by atoms with Gasteiger partial charge in [0, 0.05) is 23.6 Å². The van der Waals surface area contributed by atoms with Crippen LogP contribution in [0.4, 0.5) is 0 Å². The molecule has 2 atom stereocenters. The monoisotopic (exact) mass is 313 g/mol. The molecule has 0 saturated carbocycles. The fourth-order valence-electron chi connectivity index (χ4n) is 2.20. The first-order valence-electron chi connectivity index (χ1n) is 6.86. The molecule has 20 heavy (non-hydrogen) atoms. The molecule has 2 unspecified atom stereocenters. The van der Waals surface area contributed by atoms with Gasteiger partial charge < -0.3 is 9.64 Å². The number of nitrogens with zero attached hydrogens (tertiary/aromatic N) is 1. The number of hydrogen-bond acceptors (Lipinski definition) is 3. The summed E-state index contributed by atoms with van der Waals surface area (Å²) in [7, 11) is 0. The third-order valence-corrected chi connectivity index (χ3v) is 4.86. The molecule has 1 amide bonds. The molecule has 3 nitrogen and oxygen atoms in total. The Morgan fingerprint density at radius 2 is 2.20 bits per heavy atom. The summed E-state index contributed by atoms with van der Waals surface area (Å²) in [6.07, 6.45) is 0.666. The highest BCUT2D eigenvalue weighted by molar-refractivity contribution is 7.99. The number of hydrogen-bond donors (Lipinski definition) is 0. The Morgan fingerprint density at radius 3 is 2.95 bits per heavy atom. The Labute approximate surface area is 129 Å². The number of carbonyl (C=O) groups is 1. The van der Waals surface area contributed by atoms with Crippen LogP contribution in [-0.4, -0.2) is 41.9 Å². The van der Waals surface area contributed by atoms with E-state index in [1.165, 1.54) is 0 Å². The van der Waals surface area contributed by atoms with Crippen LogP contribution in [0.2, 0.25) is 5.02 Å². The summed E-state index contributed by atoms with van der Waals surface area (Å²) in [5.41, 5.74) is 0. The molecule has 0 aromatic heterocycles. The number of rotatable bonds is 4. The van der Waals surface area contributed by atoms with Crippen molar-refractivity contribution in [1.29, 1.82) is 0 Å². The van der Waals surface area contributed by atoms with Gasteiger partial charge in [0.1, 0.15) is 0 Å². The molecule has 0 N–H and O–H groups in total. The third-order valence-electron chi connectivity index (χ3n) is 3.34. The lowest BCUT2D eigenvalue weighted by molar-refractivity contribution is -0.142. The first kappa shape index (κ1) is 15.7. The van der Waals surface area contributed by atoms with Gasteiger partial charge in [-0.25, -0.2) is 0 Å². The average molecular weight is 314 g/mol. The quantitative estimate of drug-likeness (QED) is 0.797. The maximum absolute atomic E-state index is 12.3. The third kappa shape index (κ3) is 4.14. The second-order valence-corrected chi connectivity index (χ2v) is 6.61. The highest BCUT2D eigenvalue weighted by atomic mass is 35.5. The number of carbonyl (C=O) groups excluding carboxylic acids is 1. The highest BCUT2D eigenvalue weighted by Gasteiger charge is 2.26. The Balaban J connectivity index is 1.82. The number of thioether (sulfide) groups is 1. The van der Waals surface area contributed by atoms with Crippen molar-refractivity contribution < 1.29 is 9.53 Å². The second-order valence-electron chi connectivity index (χ2n) is 5.07. The van der Waals surface area contributed by atoms with Gasteiger partial charge >= 0.3 is 0 Å². The SMILES string of the molecule is CC1CN(C(=O)CCSc2ccccc2Cl)C(C)CO1. The van der Waals surface area contributed by atoms with Crippen molar-refractivity contribution in [1.82, 2.24) is 4.90 Å². The van der Waals surface area contributed by atoms with Crippen molar-refractivity contribution in [3.8, 4) is 0 Å². The smallest absolute Gasteiger partial charge is 0.223 e. The molecular formula is C15H20ClNO2S. The number of benzene rings is 1. The Morgan fingerprint density at radius 1 is 1.45 bits per heavy atom. The van der Waals surface area contributed by atoms with Gasteiger partial charge in [-0.15, -0.1) is 11.8 Å². The van der Waals surface area contributed by atoms with Crippen LogP contribution in [0.3, 0.4) is 0 Å². The molecule has 0 spiro atoms. The summed E-state index contributed by atoms with van der Waals surface area (Å²) in [6, 6.07) is 7.90. The lowest BCUT2D eigenvalue weighted by Gasteiger charge is -2.36. The van der Waals surface area contributed by atoms with Crippen molar-refractivity contribution in [3.63, 3.8) is 0 Å². The van der Waals surface area contributed by atoms with Crippen LogP contribution in [0.5, 0.6) is 0 Å². The molecule has 1 aliphatic rings. The van der Waals surface area contributed by atoms with Gasteiger partial charge in [0.15, 0.2) is 0 Å². The molecule has 5 heteroatoms. The van der Waals surface area contributed by atoms with Crippen molar-refractivity contribution >= 4 is 29.3 Å². The van der Waals surface area contributed by atoms with Gasteiger partial charge in [0.25, 0.3) is 0 Å². The average Bonchev–Trinajstić information content (AvgIpc) is 2.43. The molecule has 1 saturated heterocycles. The first-order valence-corrected chi connectivity index (χ1v) is 8.22. The van der Waals surface area contributed by atoms with Crippen LogP contribution in [-0.2, 0) is 9.53 Å². The van der Waals surface area contributed by atoms with Crippen LogP contribution >= 0.6 is 23.4 Å². The fraction of sp³-hybridized carbons (Fsp3) is 0.533. The van der Waals surface area contributed by atoms with Crippen LogP contribution < -0.4 is 0 Å². The number of halogens is 1. The zero-order valence-corrected chi connectivity index (χ0v) is 13.4. The Bertz CT molecular complexity index is 469. The van der Waals surface area contributed by atoms with Crippen molar-refractivity contribution in [2.75, 3.05) is 18.9 Å². The maximum Gasteiger partial charge on any atom is 0.223 e. The lowest BCUT2D eigenvalue weighted by atomic mass is 10.2. The molecule has 1 aliphatic heterocycles. The van der Waals surface area contributed by atoms with Gasteiger partial charge in [-0.3, -0.25) is 4.79 Å². The van der Waals surface area contributed by atoms with E-state index in [1.807, 2.05) is 43.0 Å². The highest BCUT2D eigenvalue weighted by Crippen LogP contribution is 2.27. The standard InChI is InChI=1S/C15H20ClNO2S/c1-11-10-19-12(2)9-17(11)15(18)7-8-20-14-6-4-3-5-13(14)16/h3-6,11-12H,7-10H2,1-2H3. The van der Waals surface area contributed by atoms with E-state index in [-0.39, 0.29) is 18.1 Å². The molecule has 1 aromatic carbocycles. The van der Waals surface area contributed by atoms with E-state index in [9.17, 15) is 4.79 Å². The fourth-order valence-corrected chi connectivity index (χ4v) is 3.38. The molecule has 2 rings (SSSR count). The number of amides is 1. The van der Waals surface area contributed by atoms with Gasteiger partial charge in [0.05, 0.1) is 23.8 Å². The van der Waals surface area contributed by atoms with Crippen LogP contribution in [0.25, 0.3) is 0 Å². The zero-order valence-electron chi connectivity index (χ0n) is 11.8. The lowest BCUT2D eigenvalue weighted by Crippen LogP contribution is -2.50. The largest absolute Gasteiger partial charge is 0.375 e. The van der Waals surface area contributed by atoms with E-state index < -0.39 is 0 Å². The van der Waals surface area contributed by atoms with E-state index in [0.717, 1.165) is 15.7 Å². The zero-order chi connectivity index (χ0) is 14.5. The molecular weight excluding hydrogens is 294 g/mol. The Kier molecular flexibility index (Phi) is 5.75. The summed E-state index contributed by atoms with van der Waals surface area (Å²) in [6.45, 7) is 5.36. The predicted molar refractivity (Wildman–Crippen MR) is 83.4 cm³/mol. The van der Waals surface area contributed by atoms with Crippen LogP contribution in [0, 0.1) is 0 Å². The van der Waals surface area contributed by atoms with Crippen molar-refractivity contribution in [3.05, 3.63) is 29.3 Å². The van der Waals surface area contributed by atoms with Gasteiger partial charge in [0.2, 0.25) is 5.91 Å². The van der Waals surface area contributed by atoms with E-state index in [1.54, 1.807) is 11.8 Å². The van der Waals surface area contributed by atoms with Crippen molar-refractivity contribution in [2.24, 2.45) is 0 Å². The molecule has 110 valence electrons. The number of morpholine rings is 1. The van der Waals surface area contributed by atoms with E-state index in [4.69, 9.17) is 16.3 Å². The minimum absolute atomic E-state index is 0.131. The van der Waals surface area contributed by atoms with Crippen molar-refractivity contribution in [2.45, 2.75) is 37.3 Å². The molecule has 1 aromatic rings. The van der Waals surface area contributed by atoms with Crippen LogP contribution in [0.15, 0.2) is 29.2 Å².